The van der Waals surface area contributed by atoms with Gasteiger partial charge < -0.3 is 9.72 Å². The van der Waals surface area contributed by atoms with Gasteiger partial charge in [-0.2, -0.15) is 0 Å². The molecule has 1 aliphatic carbocycles. The van der Waals surface area contributed by atoms with E-state index < -0.39 is 0 Å². The normalized spacial score (nSPS) is 13.2. The van der Waals surface area contributed by atoms with Crippen LogP contribution < -0.4 is 5.32 Å². The third kappa shape index (κ3) is 8.96. The zero-order chi connectivity index (χ0) is 27.4. The van der Waals surface area contributed by atoms with Crippen molar-refractivity contribution < 1.29 is 0 Å². The molecule has 1 unspecified atom stereocenters. The molecule has 3 aromatic rings. The Hall–Kier alpha value is -2.72. The van der Waals surface area contributed by atoms with Gasteiger partial charge in [0.2, 0.25) is 0 Å². The van der Waals surface area contributed by atoms with E-state index in [0.717, 1.165) is 36.6 Å². The third-order valence-corrected chi connectivity index (χ3v) is 6.83. The van der Waals surface area contributed by atoms with E-state index in [1.807, 2.05) is 30.6 Å². The Labute approximate surface area is 226 Å². The molecule has 1 N–H and O–H groups in total. The van der Waals surface area contributed by atoms with Crippen molar-refractivity contribution in [2.75, 3.05) is 0 Å². The predicted octanol–water partition coefficient (Wildman–Crippen LogP) is 8.76. The van der Waals surface area contributed by atoms with Crippen LogP contribution in [0.2, 0.25) is 0 Å². The van der Waals surface area contributed by atoms with Crippen molar-refractivity contribution in [3.63, 3.8) is 0 Å². The maximum atomic E-state index is 4.58. The molecule has 4 heteroatoms. The van der Waals surface area contributed by atoms with Crippen molar-refractivity contribution in [1.82, 2.24) is 19.7 Å². The fraction of sp³-hybridized carbons (Fsp3) is 0.515. The number of aromatic nitrogens is 3. The number of hydrogen-bond donors (Lipinski definition) is 1. The van der Waals surface area contributed by atoms with Crippen molar-refractivity contribution in [3.8, 4) is 11.3 Å². The fourth-order valence-corrected chi connectivity index (χ4v) is 4.64. The minimum absolute atomic E-state index is 0.636. The molecule has 1 aromatic carbocycles. The number of aryl methyl sites for hydroxylation is 1. The SMILES string of the molecule is CC.CCCC(CC)NC(C)C.CCCc1cc(-c2cn3ccnc3cn2)ccc1CC=C1C(C)=C1C. The highest BCUT2D eigenvalue weighted by molar-refractivity contribution is 5.65. The van der Waals surface area contributed by atoms with Gasteiger partial charge in [-0.05, 0) is 73.4 Å². The molecule has 0 amide bonds. The summed E-state index contributed by atoms with van der Waals surface area (Å²) in [5, 5.41) is 3.53. The lowest BCUT2D eigenvalue weighted by molar-refractivity contribution is 0.425. The summed E-state index contributed by atoms with van der Waals surface area (Å²) >= 11 is 0. The summed E-state index contributed by atoms with van der Waals surface area (Å²) in [4.78, 5) is 8.85. The van der Waals surface area contributed by atoms with Crippen LogP contribution >= 0.6 is 0 Å². The quantitative estimate of drug-likeness (QED) is 0.301. The molecule has 0 saturated heterocycles. The zero-order valence-corrected chi connectivity index (χ0v) is 24.9. The molecule has 4 nitrogen and oxygen atoms in total. The molecular weight excluding hydrogens is 452 g/mol. The molecule has 0 fully saturated rings. The lowest BCUT2D eigenvalue weighted by Gasteiger charge is -2.18. The van der Waals surface area contributed by atoms with Gasteiger partial charge in [0.15, 0.2) is 5.65 Å². The minimum atomic E-state index is 0.636. The molecular formula is C33H50N4. The van der Waals surface area contributed by atoms with E-state index in [0.29, 0.717) is 6.04 Å². The van der Waals surface area contributed by atoms with E-state index in [9.17, 15) is 0 Å². The third-order valence-electron chi connectivity index (χ3n) is 6.83. The Balaban J connectivity index is 0.000000341. The molecule has 0 bridgehead atoms. The van der Waals surface area contributed by atoms with Gasteiger partial charge >= 0.3 is 0 Å². The van der Waals surface area contributed by atoms with Gasteiger partial charge in [0.1, 0.15) is 0 Å². The lowest BCUT2D eigenvalue weighted by Crippen LogP contribution is -2.33. The number of nitrogens with one attached hydrogen (secondary N) is 1. The Morgan fingerprint density at radius 1 is 0.973 bits per heavy atom. The molecule has 0 spiro atoms. The average molecular weight is 503 g/mol. The molecule has 37 heavy (non-hydrogen) atoms. The van der Waals surface area contributed by atoms with Gasteiger partial charge in [0.25, 0.3) is 0 Å². The number of rotatable bonds is 10. The second-order valence-corrected chi connectivity index (χ2v) is 9.99. The van der Waals surface area contributed by atoms with E-state index in [4.69, 9.17) is 0 Å². The summed E-state index contributed by atoms with van der Waals surface area (Å²) in [5.41, 5.74) is 10.3. The summed E-state index contributed by atoms with van der Waals surface area (Å²) in [6, 6.07) is 8.15. The van der Waals surface area contributed by atoms with Gasteiger partial charge in [-0.1, -0.05) is 79.5 Å². The summed E-state index contributed by atoms with van der Waals surface area (Å²) < 4.78 is 2.02. The van der Waals surface area contributed by atoms with Gasteiger partial charge in [-0.25, -0.2) is 4.98 Å². The Kier molecular flexibility index (Phi) is 12.8. The van der Waals surface area contributed by atoms with Crippen molar-refractivity contribution in [2.45, 2.75) is 113 Å². The van der Waals surface area contributed by atoms with Gasteiger partial charge in [0.05, 0.1) is 11.9 Å². The van der Waals surface area contributed by atoms with Crippen molar-refractivity contribution >= 4 is 5.65 Å². The first-order valence-corrected chi connectivity index (χ1v) is 14.4. The summed E-state index contributed by atoms with van der Waals surface area (Å²) in [6.45, 7) is 19.5. The fourth-order valence-electron chi connectivity index (χ4n) is 4.64. The highest BCUT2D eigenvalue weighted by Crippen LogP contribution is 2.37. The molecule has 2 heterocycles. The van der Waals surface area contributed by atoms with E-state index in [-0.39, 0.29) is 0 Å². The first-order chi connectivity index (χ1) is 17.9. The van der Waals surface area contributed by atoms with Crippen LogP contribution in [0.1, 0.15) is 99.1 Å². The molecule has 0 radical (unpaired) electrons. The second kappa shape index (κ2) is 15.5. The number of hydrogen-bond acceptors (Lipinski definition) is 3. The number of nitrogens with zero attached hydrogens (tertiary/aromatic N) is 3. The van der Waals surface area contributed by atoms with Crippen LogP contribution in [-0.4, -0.2) is 26.5 Å². The summed E-state index contributed by atoms with van der Waals surface area (Å²) in [7, 11) is 0. The van der Waals surface area contributed by atoms with E-state index in [1.165, 1.54) is 52.7 Å². The van der Waals surface area contributed by atoms with Crippen molar-refractivity contribution in [3.05, 3.63) is 76.9 Å². The van der Waals surface area contributed by atoms with Crippen LogP contribution in [0.15, 0.2) is 65.8 Å². The monoisotopic (exact) mass is 502 g/mol. The largest absolute Gasteiger partial charge is 0.312 e. The Morgan fingerprint density at radius 2 is 1.70 bits per heavy atom. The van der Waals surface area contributed by atoms with Crippen LogP contribution in [-0.2, 0) is 12.8 Å². The van der Waals surface area contributed by atoms with Gasteiger partial charge in [0, 0.05) is 36.2 Å². The maximum absolute atomic E-state index is 4.58. The molecule has 0 aliphatic heterocycles. The molecule has 0 saturated carbocycles. The summed E-state index contributed by atoms with van der Waals surface area (Å²) in [6.07, 6.45) is 17.1. The first kappa shape index (κ1) is 30.5. The number of benzene rings is 1. The number of imidazole rings is 1. The van der Waals surface area contributed by atoms with E-state index in [2.05, 4.69) is 94.2 Å². The maximum Gasteiger partial charge on any atom is 0.155 e. The topological polar surface area (TPSA) is 42.2 Å². The zero-order valence-electron chi connectivity index (χ0n) is 24.9. The molecule has 202 valence electrons. The van der Waals surface area contributed by atoms with Crippen LogP contribution in [0.25, 0.3) is 16.9 Å². The van der Waals surface area contributed by atoms with Crippen molar-refractivity contribution in [1.29, 1.82) is 0 Å². The Morgan fingerprint density at radius 3 is 2.30 bits per heavy atom. The van der Waals surface area contributed by atoms with Crippen LogP contribution in [0.4, 0.5) is 0 Å². The number of fused-ring (bicyclic) bond motifs is 1. The standard InChI is InChI=1S/C22H23N3.C9H21N.C2H6/c1-4-5-18-12-19(21-14-25-11-10-23-22(25)13-24-21)7-6-17(18)8-9-20-15(2)16(20)3;1-5-7-9(6-2)10-8(3)4;1-2/h6-7,9-14H,4-5,8H2,1-3H3;8-10H,5-7H2,1-4H3;1-2H3. The van der Waals surface area contributed by atoms with Crippen LogP contribution in [0.5, 0.6) is 0 Å². The molecule has 1 atom stereocenters. The molecule has 2 aromatic heterocycles. The highest BCUT2D eigenvalue weighted by Gasteiger charge is 2.19. The van der Waals surface area contributed by atoms with Gasteiger partial charge in [-0.15, -0.1) is 0 Å². The van der Waals surface area contributed by atoms with Crippen LogP contribution in [0, 0.1) is 0 Å². The van der Waals surface area contributed by atoms with Crippen molar-refractivity contribution in [2.24, 2.45) is 0 Å². The average Bonchev–Trinajstić information content (AvgIpc) is 3.25. The molecule has 1 aliphatic rings. The summed E-state index contributed by atoms with van der Waals surface area (Å²) in [5.74, 6) is 0. The predicted molar refractivity (Wildman–Crippen MR) is 161 cm³/mol. The van der Waals surface area contributed by atoms with E-state index >= 15 is 0 Å². The van der Waals surface area contributed by atoms with Crippen LogP contribution in [0.3, 0.4) is 0 Å². The first-order valence-electron chi connectivity index (χ1n) is 14.4. The minimum Gasteiger partial charge on any atom is -0.312 e. The Bertz CT molecular complexity index is 1150. The molecule has 4 rings (SSSR count). The highest BCUT2D eigenvalue weighted by atomic mass is 15.0. The smallest absolute Gasteiger partial charge is 0.155 e. The van der Waals surface area contributed by atoms with Gasteiger partial charge in [-0.3, -0.25) is 4.98 Å². The number of allylic oxidation sites excluding steroid dienone is 4. The van der Waals surface area contributed by atoms with E-state index in [1.54, 1.807) is 6.20 Å². The lowest BCUT2D eigenvalue weighted by atomic mass is 9.96. The second-order valence-electron chi connectivity index (χ2n) is 9.99.